The fourth-order valence-electron chi connectivity index (χ4n) is 2.77. The lowest BCUT2D eigenvalue weighted by molar-refractivity contribution is -0.139. The van der Waals surface area contributed by atoms with Crippen LogP contribution in [0.4, 0.5) is 0 Å². The van der Waals surface area contributed by atoms with Gasteiger partial charge in [0.25, 0.3) is 0 Å². The predicted molar refractivity (Wildman–Crippen MR) is 147 cm³/mol. The van der Waals surface area contributed by atoms with Gasteiger partial charge in [0.15, 0.2) is 0 Å². The van der Waals surface area contributed by atoms with Crippen LogP contribution < -0.4 is 0 Å². The van der Waals surface area contributed by atoms with E-state index in [1.807, 2.05) is 0 Å². The minimum atomic E-state index is -0.935. The quantitative estimate of drug-likeness (QED) is 0.121. The molecule has 0 aromatic heterocycles. The topological polar surface area (TPSA) is 83.9 Å². The minimum absolute atomic E-state index is 0.0556. The summed E-state index contributed by atoms with van der Waals surface area (Å²) in [5.41, 5.74) is 0.667. The molecule has 0 atom stereocenters. The lowest BCUT2D eigenvalue weighted by Gasteiger charge is -2.04. The molecule has 0 fully saturated rings. The molecule has 1 N–H and O–H groups in total. The first-order valence-electron chi connectivity index (χ1n) is 13.1. The smallest absolute Gasteiger partial charge is 0.333 e. The highest BCUT2D eigenvalue weighted by Gasteiger charge is 2.01. The number of carboxylic acid groups (broad SMARTS) is 1. The number of aliphatic carboxylic acids is 1. The van der Waals surface area contributed by atoms with E-state index >= 15 is 0 Å². The van der Waals surface area contributed by atoms with Gasteiger partial charge in [-0.3, -0.25) is 4.79 Å². The van der Waals surface area contributed by atoms with Gasteiger partial charge < -0.3 is 14.7 Å². The van der Waals surface area contributed by atoms with Crippen LogP contribution in [0.3, 0.4) is 0 Å². The largest absolute Gasteiger partial charge is 0.478 e. The molecule has 6 heteroatoms. The van der Waals surface area contributed by atoms with Crippen molar-refractivity contribution in [1.82, 2.24) is 4.90 Å². The summed E-state index contributed by atoms with van der Waals surface area (Å²) < 4.78 is 5.07. The Morgan fingerprint density at radius 2 is 1.09 bits per heavy atom. The van der Waals surface area contributed by atoms with E-state index in [-0.39, 0.29) is 17.4 Å². The SMILES string of the molecule is C=C(C)C(=O)O.C=C(C)C(=O)OCCCCCCCCCCCCCCCC.C=CC(=O)N(C)C. The van der Waals surface area contributed by atoms with Crippen molar-refractivity contribution in [2.45, 2.75) is 111 Å². The molecule has 0 spiro atoms. The molecular weight excluding hydrogens is 442 g/mol. The molecule has 204 valence electrons. The summed E-state index contributed by atoms with van der Waals surface area (Å²) in [7, 11) is 3.37. The zero-order valence-corrected chi connectivity index (χ0v) is 23.3. The average molecular weight is 496 g/mol. The van der Waals surface area contributed by atoms with Crippen LogP contribution in [0.25, 0.3) is 0 Å². The molecular formula is C29H53NO5. The molecule has 35 heavy (non-hydrogen) atoms. The number of carboxylic acids is 1. The van der Waals surface area contributed by atoms with Gasteiger partial charge in [-0.2, -0.15) is 0 Å². The van der Waals surface area contributed by atoms with E-state index in [0.29, 0.717) is 12.2 Å². The van der Waals surface area contributed by atoms with Crippen LogP contribution in [0.15, 0.2) is 37.0 Å². The van der Waals surface area contributed by atoms with Crippen molar-refractivity contribution in [3.8, 4) is 0 Å². The van der Waals surface area contributed by atoms with Gasteiger partial charge in [-0.25, -0.2) is 9.59 Å². The summed E-state index contributed by atoms with van der Waals surface area (Å²) in [6.45, 7) is 16.0. The summed E-state index contributed by atoms with van der Waals surface area (Å²) in [5, 5.41) is 7.89. The van der Waals surface area contributed by atoms with E-state index in [1.165, 1.54) is 101 Å². The summed E-state index contributed by atoms with van der Waals surface area (Å²) in [6.07, 6.45) is 20.1. The number of carbonyl (C=O) groups excluding carboxylic acids is 2. The van der Waals surface area contributed by atoms with Crippen molar-refractivity contribution in [3.63, 3.8) is 0 Å². The molecule has 6 nitrogen and oxygen atoms in total. The molecule has 0 saturated carbocycles. The number of esters is 1. The van der Waals surface area contributed by atoms with Crippen molar-refractivity contribution in [1.29, 1.82) is 0 Å². The van der Waals surface area contributed by atoms with Gasteiger partial charge in [-0.1, -0.05) is 110 Å². The number of unbranched alkanes of at least 4 members (excludes halogenated alkanes) is 13. The number of carbonyl (C=O) groups is 3. The molecule has 0 heterocycles. The number of hydrogen-bond acceptors (Lipinski definition) is 4. The lowest BCUT2D eigenvalue weighted by atomic mass is 10.0. The monoisotopic (exact) mass is 495 g/mol. The second-order valence-corrected chi connectivity index (χ2v) is 9.03. The molecule has 0 aliphatic rings. The van der Waals surface area contributed by atoms with Crippen molar-refractivity contribution in [2.75, 3.05) is 20.7 Å². The Bertz CT molecular complexity index is 584. The van der Waals surface area contributed by atoms with Crippen LogP contribution in [0.5, 0.6) is 0 Å². The highest BCUT2D eigenvalue weighted by Crippen LogP contribution is 2.13. The number of nitrogens with zero attached hydrogens (tertiary/aromatic N) is 1. The van der Waals surface area contributed by atoms with Crippen LogP contribution in [-0.2, 0) is 19.1 Å². The Morgan fingerprint density at radius 1 is 0.743 bits per heavy atom. The van der Waals surface area contributed by atoms with Gasteiger partial charge in [0.1, 0.15) is 0 Å². The molecule has 0 saturated heterocycles. The van der Waals surface area contributed by atoms with Crippen LogP contribution in [0, 0.1) is 0 Å². The van der Waals surface area contributed by atoms with E-state index in [2.05, 4.69) is 26.7 Å². The molecule has 0 aromatic carbocycles. The second kappa shape index (κ2) is 27.9. The highest BCUT2D eigenvalue weighted by molar-refractivity contribution is 5.87. The van der Waals surface area contributed by atoms with E-state index in [0.717, 1.165) is 6.42 Å². The third kappa shape index (κ3) is 33.9. The van der Waals surface area contributed by atoms with Crippen LogP contribution >= 0.6 is 0 Å². The Hall–Kier alpha value is -2.37. The maximum absolute atomic E-state index is 11.2. The van der Waals surface area contributed by atoms with Gasteiger partial charge in [-0.05, 0) is 26.3 Å². The fraction of sp³-hybridized carbons (Fsp3) is 0.690. The molecule has 0 bridgehead atoms. The molecule has 1 amide bonds. The number of rotatable bonds is 18. The molecule has 0 aromatic rings. The number of ether oxygens (including phenoxy) is 1. The van der Waals surface area contributed by atoms with Gasteiger partial charge in [0.05, 0.1) is 6.61 Å². The predicted octanol–water partition coefficient (Wildman–Crippen LogP) is 7.49. The summed E-state index contributed by atoms with van der Waals surface area (Å²) in [6, 6.07) is 0. The van der Waals surface area contributed by atoms with Crippen molar-refractivity contribution < 1.29 is 24.2 Å². The normalized spacial score (nSPS) is 9.51. The summed E-state index contributed by atoms with van der Waals surface area (Å²) in [4.78, 5) is 32.5. The highest BCUT2D eigenvalue weighted by atomic mass is 16.5. The summed E-state index contributed by atoms with van der Waals surface area (Å²) >= 11 is 0. The minimum Gasteiger partial charge on any atom is -0.478 e. The van der Waals surface area contributed by atoms with Gasteiger partial charge >= 0.3 is 11.9 Å². The zero-order chi connectivity index (χ0) is 27.5. The number of hydrogen-bond donors (Lipinski definition) is 1. The van der Waals surface area contributed by atoms with Crippen LogP contribution in [0.1, 0.15) is 111 Å². The lowest BCUT2D eigenvalue weighted by Crippen LogP contribution is -2.18. The summed E-state index contributed by atoms with van der Waals surface area (Å²) in [5.74, 6) is -1.25. The van der Waals surface area contributed by atoms with Gasteiger partial charge in [-0.15, -0.1) is 0 Å². The number of amides is 1. The maximum atomic E-state index is 11.2. The maximum Gasteiger partial charge on any atom is 0.333 e. The van der Waals surface area contributed by atoms with Crippen LogP contribution in [-0.4, -0.2) is 48.6 Å². The van der Waals surface area contributed by atoms with Gasteiger partial charge in [0, 0.05) is 25.2 Å². The Morgan fingerprint density at radius 3 is 1.31 bits per heavy atom. The molecule has 0 aliphatic heterocycles. The first-order valence-corrected chi connectivity index (χ1v) is 13.1. The zero-order valence-electron chi connectivity index (χ0n) is 23.3. The molecule has 0 unspecified atom stereocenters. The Balaban J connectivity index is -0.000000641. The van der Waals surface area contributed by atoms with E-state index in [4.69, 9.17) is 9.84 Å². The fourth-order valence-corrected chi connectivity index (χ4v) is 2.77. The Kier molecular flexibility index (Phi) is 29.6. The van der Waals surface area contributed by atoms with Crippen LogP contribution in [0.2, 0.25) is 0 Å². The standard InChI is InChI=1S/C20H38O2.C5H9NO.C4H6O2/c1-4-5-6-7-8-9-10-11-12-13-14-15-16-17-18-22-20(21)19(2)3;1-4-5(7)6(2)3;1-3(2)4(5)6/h2,4-18H2,1,3H3;4H,1H2,2-3H3;1H2,2H3,(H,5,6). The first kappa shape index (κ1) is 37.2. The second-order valence-electron chi connectivity index (χ2n) is 9.03. The molecule has 0 rings (SSSR count). The van der Waals surface area contributed by atoms with Crippen molar-refractivity contribution >= 4 is 17.8 Å². The molecule has 0 aliphatic carbocycles. The van der Waals surface area contributed by atoms with E-state index in [1.54, 1.807) is 21.0 Å². The van der Waals surface area contributed by atoms with E-state index in [9.17, 15) is 14.4 Å². The van der Waals surface area contributed by atoms with Gasteiger partial charge in [0.2, 0.25) is 5.91 Å². The number of likely N-dealkylation sites (N-methyl/N-ethyl adjacent to an activating group) is 1. The van der Waals surface area contributed by atoms with Crippen molar-refractivity contribution in [3.05, 3.63) is 37.0 Å². The van der Waals surface area contributed by atoms with Crippen molar-refractivity contribution in [2.24, 2.45) is 0 Å². The average Bonchev–Trinajstić information content (AvgIpc) is 2.81. The molecule has 0 radical (unpaired) electrons. The Labute approximate surface area is 215 Å². The first-order chi connectivity index (χ1) is 16.5. The van der Waals surface area contributed by atoms with E-state index < -0.39 is 5.97 Å². The third-order valence-corrected chi connectivity index (χ3v) is 5.06. The third-order valence-electron chi connectivity index (χ3n) is 5.06.